The Morgan fingerprint density at radius 1 is 1.03 bits per heavy atom. The molecular formula is C26H31F2N5O2. The minimum absolute atomic E-state index is 0.0589. The van der Waals surface area contributed by atoms with E-state index in [0.29, 0.717) is 30.5 Å². The molecule has 2 saturated heterocycles. The van der Waals surface area contributed by atoms with Gasteiger partial charge in [-0.1, -0.05) is 12.1 Å². The van der Waals surface area contributed by atoms with Crippen LogP contribution in [0, 0.1) is 11.6 Å². The third kappa shape index (κ3) is 5.15. The van der Waals surface area contributed by atoms with Crippen molar-refractivity contribution in [2.45, 2.75) is 62.6 Å². The molecule has 2 aliphatic heterocycles. The van der Waals surface area contributed by atoms with E-state index in [2.05, 4.69) is 26.6 Å². The van der Waals surface area contributed by atoms with Gasteiger partial charge in [0, 0.05) is 49.5 Å². The highest BCUT2D eigenvalue weighted by atomic mass is 19.2. The van der Waals surface area contributed by atoms with E-state index in [4.69, 9.17) is 0 Å². The first-order valence-electron chi connectivity index (χ1n) is 12.5. The largest absolute Gasteiger partial charge is 0.337 e. The summed E-state index contributed by atoms with van der Waals surface area (Å²) in [5.74, 6) is -1.43. The number of hydrogen-bond acceptors (Lipinski definition) is 4. The molecule has 5 rings (SSSR count). The van der Waals surface area contributed by atoms with Gasteiger partial charge in [0.2, 0.25) is 0 Å². The van der Waals surface area contributed by atoms with E-state index in [0.717, 1.165) is 62.2 Å². The van der Waals surface area contributed by atoms with Crippen molar-refractivity contribution in [1.29, 1.82) is 0 Å². The molecule has 0 radical (unpaired) electrons. The number of amides is 4. The number of imide groups is 1. The predicted octanol–water partition coefficient (Wildman–Crippen LogP) is 4.33. The number of urea groups is 2. The van der Waals surface area contributed by atoms with Crippen LogP contribution >= 0.6 is 0 Å². The Hall–Kier alpha value is -3.07. The van der Waals surface area contributed by atoms with Gasteiger partial charge >= 0.3 is 12.1 Å². The highest BCUT2D eigenvalue weighted by Crippen LogP contribution is 2.35. The molecule has 7 nitrogen and oxygen atoms in total. The normalized spacial score (nSPS) is 27.5. The molecule has 3 heterocycles. The number of likely N-dealkylation sites (tertiary alicyclic amines) is 1. The Labute approximate surface area is 203 Å². The lowest BCUT2D eigenvalue weighted by Gasteiger charge is -2.36. The van der Waals surface area contributed by atoms with Gasteiger partial charge in [-0.05, 0) is 68.4 Å². The van der Waals surface area contributed by atoms with E-state index in [9.17, 15) is 18.4 Å². The Morgan fingerprint density at radius 3 is 2.60 bits per heavy atom. The monoisotopic (exact) mass is 483 g/mol. The molecule has 9 heteroatoms. The Balaban J connectivity index is 1.17. The summed E-state index contributed by atoms with van der Waals surface area (Å²) in [6.07, 6.45) is 7.54. The summed E-state index contributed by atoms with van der Waals surface area (Å²) in [7, 11) is 0. The Morgan fingerprint density at radius 2 is 1.86 bits per heavy atom. The summed E-state index contributed by atoms with van der Waals surface area (Å²) >= 11 is 0. The summed E-state index contributed by atoms with van der Waals surface area (Å²) in [4.78, 5) is 33.8. The molecule has 2 unspecified atom stereocenters. The standard InChI is InChI=1S/C26H31F2N5O2/c27-21-9-6-18(15-22(21)28)24-10-13-30-25(34)33(24)26(35)31-19-11-14-32(16-19)20-7-4-17(5-8-20)23-3-1-2-12-29-23/h1-3,6,9,12,15,17,19-20,24H,4-5,7-8,10-11,13-14,16H2,(H,30,34)(H,31,35). The first kappa shape index (κ1) is 23.7. The number of nitrogens with one attached hydrogen (secondary N) is 2. The molecule has 0 spiro atoms. The second-order valence-electron chi connectivity index (χ2n) is 9.77. The van der Waals surface area contributed by atoms with E-state index in [-0.39, 0.29) is 6.04 Å². The number of halogens is 2. The topological polar surface area (TPSA) is 77.6 Å². The van der Waals surface area contributed by atoms with E-state index in [1.54, 1.807) is 0 Å². The zero-order chi connectivity index (χ0) is 24.4. The van der Waals surface area contributed by atoms with Crippen molar-refractivity contribution in [3.8, 4) is 0 Å². The third-order valence-corrected chi connectivity index (χ3v) is 7.64. The fourth-order valence-electron chi connectivity index (χ4n) is 5.78. The van der Waals surface area contributed by atoms with E-state index < -0.39 is 29.7 Å². The first-order valence-corrected chi connectivity index (χ1v) is 12.5. The van der Waals surface area contributed by atoms with Crippen LogP contribution in [0.4, 0.5) is 18.4 Å². The SMILES string of the molecule is O=C1NCCC(c2ccc(F)c(F)c2)N1C(=O)NC1CCN(C2CCC(c3ccccn3)CC2)C1. The summed E-state index contributed by atoms with van der Waals surface area (Å²) in [5.41, 5.74) is 1.58. The van der Waals surface area contributed by atoms with Crippen LogP contribution in [0.1, 0.15) is 61.7 Å². The number of benzene rings is 1. The minimum Gasteiger partial charge on any atom is -0.337 e. The molecule has 1 aromatic carbocycles. The molecule has 2 aromatic rings. The zero-order valence-electron chi connectivity index (χ0n) is 19.6. The van der Waals surface area contributed by atoms with E-state index >= 15 is 0 Å². The highest BCUT2D eigenvalue weighted by Gasteiger charge is 2.37. The molecule has 186 valence electrons. The molecule has 1 aliphatic carbocycles. The van der Waals surface area contributed by atoms with Gasteiger partial charge in [-0.3, -0.25) is 9.88 Å². The molecule has 2 N–H and O–H groups in total. The molecule has 2 atom stereocenters. The number of carbonyl (C=O) groups is 2. The lowest BCUT2D eigenvalue weighted by atomic mass is 9.83. The molecule has 4 amide bonds. The van der Waals surface area contributed by atoms with E-state index in [1.165, 1.54) is 11.8 Å². The Bertz CT molecular complexity index is 1060. The van der Waals surface area contributed by atoms with Crippen LogP contribution in [0.25, 0.3) is 0 Å². The van der Waals surface area contributed by atoms with Crippen molar-refractivity contribution in [3.63, 3.8) is 0 Å². The van der Waals surface area contributed by atoms with Gasteiger partial charge in [0.15, 0.2) is 11.6 Å². The third-order valence-electron chi connectivity index (χ3n) is 7.64. The molecule has 1 aromatic heterocycles. The van der Waals surface area contributed by atoms with Gasteiger partial charge in [0.25, 0.3) is 0 Å². The molecular weight excluding hydrogens is 452 g/mol. The molecule has 1 saturated carbocycles. The van der Waals surface area contributed by atoms with Crippen molar-refractivity contribution in [2.75, 3.05) is 19.6 Å². The first-order chi connectivity index (χ1) is 17.0. The van der Waals surface area contributed by atoms with Crippen LogP contribution in [0.5, 0.6) is 0 Å². The predicted molar refractivity (Wildman–Crippen MR) is 127 cm³/mol. The van der Waals surface area contributed by atoms with Gasteiger partial charge in [-0.2, -0.15) is 0 Å². The van der Waals surface area contributed by atoms with Crippen LogP contribution in [-0.2, 0) is 0 Å². The van der Waals surface area contributed by atoms with Gasteiger partial charge < -0.3 is 10.6 Å². The van der Waals surface area contributed by atoms with Gasteiger partial charge in [-0.25, -0.2) is 23.3 Å². The fourth-order valence-corrected chi connectivity index (χ4v) is 5.78. The lowest BCUT2D eigenvalue weighted by molar-refractivity contribution is 0.150. The number of aromatic nitrogens is 1. The summed E-state index contributed by atoms with van der Waals surface area (Å²) in [6.45, 7) is 2.02. The van der Waals surface area contributed by atoms with Crippen molar-refractivity contribution < 1.29 is 18.4 Å². The molecule has 0 bridgehead atoms. The van der Waals surface area contributed by atoms with Gasteiger partial charge in [0.1, 0.15) is 0 Å². The summed E-state index contributed by atoms with van der Waals surface area (Å²) in [6, 6.07) is 8.40. The van der Waals surface area contributed by atoms with Crippen molar-refractivity contribution >= 4 is 12.1 Å². The summed E-state index contributed by atoms with van der Waals surface area (Å²) in [5, 5.41) is 5.70. The smallest absolute Gasteiger partial charge is 0.326 e. The zero-order valence-corrected chi connectivity index (χ0v) is 19.6. The quantitative estimate of drug-likeness (QED) is 0.679. The van der Waals surface area contributed by atoms with Crippen LogP contribution in [0.2, 0.25) is 0 Å². The minimum atomic E-state index is -0.988. The van der Waals surface area contributed by atoms with Crippen LogP contribution < -0.4 is 10.6 Å². The number of hydrogen-bond donors (Lipinski definition) is 2. The average molecular weight is 484 g/mol. The second-order valence-corrected chi connectivity index (χ2v) is 9.77. The Kier molecular flexibility index (Phi) is 6.95. The maximum Gasteiger partial charge on any atom is 0.326 e. The maximum atomic E-state index is 13.8. The number of nitrogens with zero attached hydrogens (tertiary/aromatic N) is 3. The lowest BCUT2D eigenvalue weighted by Crippen LogP contribution is -2.56. The highest BCUT2D eigenvalue weighted by molar-refractivity contribution is 5.94. The van der Waals surface area contributed by atoms with Crippen LogP contribution in [0.15, 0.2) is 42.6 Å². The number of carbonyl (C=O) groups excluding carboxylic acids is 2. The fraction of sp³-hybridized carbons (Fsp3) is 0.500. The number of pyridine rings is 1. The second kappa shape index (κ2) is 10.3. The van der Waals surface area contributed by atoms with Crippen LogP contribution in [0.3, 0.4) is 0 Å². The molecule has 35 heavy (non-hydrogen) atoms. The summed E-state index contributed by atoms with van der Waals surface area (Å²) < 4.78 is 27.2. The maximum absolute atomic E-state index is 13.8. The molecule has 3 fully saturated rings. The average Bonchev–Trinajstić information content (AvgIpc) is 3.34. The van der Waals surface area contributed by atoms with Crippen molar-refractivity contribution in [2.24, 2.45) is 0 Å². The van der Waals surface area contributed by atoms with Gasteiger partial charge in [-0.15, -0.1) is 0 Å². The van der Waals surface area contributed by atoms with Crippen molar-refractivity contribution in [3.05, 3.63) is 65.5 Å². The van der Waals surface area contributed by atoms with E-state index in [1.807, 2.05) is 18.3 Å². The van der Waals surface area contributed by atoms with Crippen molar-refractivity contribution in [1.82, 2.24) is 25.4 Å². The van der Waals surface area contributed by atoms with Crippen LogP contribution in [-0.4, -0.2) is 58.6 Å². The molecule has 3 aliphatic rings. The van der Waals surface area contributed by atoms with Gasteiger partial charge in [0.05, 0.1) is 6.04 Å². The number of rotatable bonds is 4.